The molecule has 116 valence electrons. The molecular formula is C17H24FNO2. The fraction of sp³-hybridized carbons (Fsp3) is 0.647. The Morgan fingerprint density at radius 3 is 2.95 bits per heavy atom. The van der Waals surface area contributed by atoms with E-state index in [1.165, 1.54) is 0 Å². The van der Waals surface area contributed by atoms with Gasteiger partial charge in [-0.2, -0.15) is 0 Å². The Bertz CT molecular complexity index is 500. The van der Waals surface area contributed by atoms with Crippen molar-refractivity contribution in [3.05, 3.63) is 35.1 Å². The third kappa shape index (κ3) is 2.85. The molecular weight excluding hydrogens is 269 g/mol. The van der Waals surface area contributed by atoms with Crippen LogP contribution in [0.1, 0.15) is 36.4 Å². The Kier molecular flexibility index (Phi) is 4.29. The van der Waals surface area contributed by atoms with Gasteiger partial charge in [0.15, 0.2) is 0 Å². The van der Waals surface area contributed by atoms with Crippen molar-refractivity contribution < 1.29 is 13.9 Å². The minimum absolute atomic E-state index is 0.0336. The number of nitrogens with one attached hydrogen (secondary N) is 1. The SMILES string of the molecule is CNC(c1cccc(C)c1F)C1CCOC2(CCOC2)C1. The van der Waals surface area contributed by atoms with Crippen molar-refractivity contribution in [1.82, 2.24) is 5.32 Å². The number of aryl methyl sites for hydroxylation is 1. The second-order valence-corrected chi connectivity index (χ2v) is 6.33. The van der Waals surface area contributed by atoms with Crippen molar-refractivity contribution in [2.45, 2.75) is 37.8 Å². The summed E-state index contributed by atoms with van der Waals surface area (Å²) in [5.74, 6) is 0.293. The van der Waals surface area contributed by atoms with E-state index in [2.05, 4.69) is 5.32 Å². The van der Waals surface area contributed by atoms with Crippen LogP contribution >= 0.6 is 0 Å². The zero-order valence-electron chi connectivity index (χ0n) is 12.8. The maximum absolute atomic E-state index is 14.5. The van der Waals surface area contributed by atoms with Crippen LogP contribution in [0, 0.1) is 18.7 Å². The van der Waals surface area contributed by atoms with Crippen molar-refractivity contribution in [3.63, 3.8) is 0 Å². The molecule has 3 nitrogen and oxygen atoms in total. The highest BCUT2D eigenvalue weighted by Crippen LogP contribution is 2.41. The molecule has 1 N–H and O–H groups in total. The summed E-state index contributed by atoms with van der Waals surface area (Å²) in [5.41, 5.74) is 1.34. The number of halogens is 1. The lowest BCUT2D eigenvalue weighted by atomic mass is 9.78. The quantitative estimate of drug-likeness (QED) is 0.929. The van der Waals surface area contributed by atoms with Gasteiger partial charge in [0.25, 0.3) is 0 Å². The average Bonchev–Trinajstić information content (AvgIpc) is 2.92. The molecule has 0 aromatic heterocycles. The smallest absolute Gasteiger partial charge is 0.130 e. The summed E-state index contributed by atoms with van der Waals surface area (Å²) >= 11 is 0. The van der Waals surface area contributed by atoms with E-state index in [9.17, 15) is 4.39 Å². The van der Waals surface area contributed by atoms with Gasteiger partial charge in [0, 0.05) is 31.2 Å². The highest BCUT2D eigenvalue weighted by atomic mass is 19.1. The molecule has 1 aromatic rings. The average molecular weight is 293 g/mol. The monoisotopic (exact) mass is 293 g/mol. The van der Waals surface area contributed by atoms with Crippen LogP contribution < -0.4 is 5.32 Å². The molecule has 1 aromatic carbocycles. The minimum atomic E-state index is -0.141. The molecule has 3 atom stereocenters. The normalized spacial score (nSPS) is 30.7. The summed E-state index contributed by atoms with van der Waals surface area (Å²) in [4.78, 5) is 0. The lowest BCUT2D eigenvalue weighted by Gasteiger charge is -2.40. The predicted molar refractivity (Wildman–Crippen MR) is 79.8 cm³/mol. The first-order valence-electron chi connectivity index (χ1n) is 7.79. The van der Waals surface area contributed by atoms with Gasteiger partial charge in [-0.15, -0.1) is 0 Å². The van der Waals surface area contributed by atoms with Gasteiger partial charge in [-0.05, 0) is 38.3 Å². The topological polar surface area (TPSA) is 30.5 Å². The van der Waals surface area contributed by atoms with E-state index in [0.29, 0.717) is 18.1 Å². The van der Waals surface area contributed by atoms with Crippen LogP contribution in [0.15, 0.2) is 18.2 Å². The molecule has 0 radical (unpaired) electrons. The van der Waals surface area contributed by atoms with Crippen molar-refractivity contribution in [3.8, 4) is 0 Å². The molecule has 1 spiro atoms. The number of hydrogen-bond acceptors (Lipinski definition) is 3. The van der Waals surface area contributed by atoms with Gasteiger partial charge in [-0.25, -0.2) is 4.39 Å². The summed E-state index contributed by atoms with van der Waals surface area (Å²) in [5, 5.41) is 3.33. The third-order valence-electron chi connectivity index (χ3n) is 4.94. The standard InChI is InChI=1S/C17H24FNO2/c1-12-4-3-5-14(15(12)18)16(19-2)13-6-8-21-17(10-13)7-9-20-11-17/h3-5,13,16,19H,6-11H2,1-2H3. The maximum Gasteiger partial charge on any atom is 0.130 e. The van der Waals surface area contributed by atoms with Gasteiger partial charge in [0.05, 0.1) is 12.2 Å². The van der Waals surface area contributed by atoms with E-state index in [0.717, 1.165) is 38.0 Å². The zero-order valence-corrected chi connectivity index (χ0v) is 12.8. The first-order chi connectivity index (χ1) is 10.2. The van der Waals surface area contributed by atoms with Crippen LogP contribution in [-0.2, 0) is 9.47 Å². The van der Waals surface area contributed by atoms with Crippen molar-refractivity contribution in [2.24, 2.45) is 5.92 Å². The van der Waals surface area contributed by atoms with E-state index in [1.54, 1.807) is 0 Å². The Morgan fingerprint density at radius 1 is 1.38 bits per heavy atom. The lowest BCUT2D eigenvalue weighted by molar-refractivity contribution is -0.103. The van der Waals surface area contributed by atoms with Crippen LogP contribution in [0.5, 0.6) is 0 Å². The lowest BCUT2D eigenvalue weighted by Crippen LogP contribution is -2.43. The number of ether oxygens (including phenoxy) is 2. The highest BCUT2D eigenvalue weighted by Gasteiger charge is 2.43. The Morgan fingerprint density at radius 2 is 2.24 bits per heavy atom. The third-order valence-corrected chi connectivity index (χ3v) is 4.94. The van der Waals surface area contributed by atoms with Gasteiger partial charge in [0.1, 0.15) is 5.82 Å². The molecule has 0 aliphatic carbocycles. The second-order valence-electron chi connectivity index (χ2n) is 6.33. The van der Waals surface area contributed by atoms with E-state index in [4.69, 9.17) is 9.47 Å². The molecule has 2 heterocycles. The number of benzene rings is 1. The molecule has 3 rings (SSSR count). The molecule has 0 bridgehead atoms. The van der Waals surface area contributed by atoms with Gasteiger partial charge < -0.3 is 14.8 Å². The molecule has 2 saturated heterocycles. The molecule has 21 heavy (non-hydrogen) atoms. The van der Waals surface area contributed by atoms with Crippen LogP contribution in [0.2, 0.25) is 0 Å². The molecule has 0 saturated carbocycles. The molecule has 3 unspecified atom stereocenters. The van der Waals surface area contributed by atoms with Crippen molar-refractivity contribution in [1.29, 1.82) is 0 Å². The molecule has 0 amide bonds. The second kappa shape index (κ2) is 6.03. The first kappa shape index (κ1) is 14.9. The van der Waals surface area contributed by atoms with E-state index in [-0.39, 0.29) is 17.5 Å². The zero-order chi connectivity index (χ0) is 14.9. The van der Waals surface area contributed by atoms with Crippen molar-refractivity contribution in [2.75, 3.05) is 26.9 Å². The van der Waals surface area contributed by atoms with Crippen LogP contribution in [0.4, 0.5) is 4.39 Å². The Labute approximate surface area is 125 Å². The molecule has 4 heteroatoms. The van der Waals surface area contributed by atoms with Gasteiger partial charge in [0.2, 0.25) is 0 Å². The molecule has 2 aliphatic heterocycles. The van der Waals surface area contributed by atoms with Gasteiger partial charge in [-0.1, -0.05) is 18.2 Å². The summed E-state index contributed by atoms with van der Waals surface area (Å²) in [7, 11) is 1.92. The van der Waals surface area contributed by atoms with Crippen LogP contribution in [0.3, 0.4) is 0 Å². The van der Waals surface area contributed by atoms with Crippen LogP contribution in [0.25, 0.3) is 0 Å². The first-order valence-corrected chi connectivity index (χ1v) is 7.79. The maximum atomic E-state index is 14.5. The van der Waals surface area contributed by atoms with Crippen molar-refractivity contribution >= 4 is 0 Å². The summed E-state index contributed by atoms with van der Waals surface area (Å²) in [6, 6.07) is 5.69. The van der Waals surface area contributed by atoms with E-state index < -0.39 is 0 Å². The summed E-state index contributed by atoms with van der Waals surface area (Å²) in [6.07, 6.45) is 2.85. The Balaban J connectivity index is 1.84. The van der Waals surface area contributed by atoms with E-state index in [1.807, 2.05) is 32.2 Å². The Hall–Kier alpha value is -0.970. The summed E-state index contributed by atoms with van der Waals surface area (Å²) < 4.78 is 26.0. The van der Waals surface area contributed by atoms with Gasteiger partial charge in [-0.3, -0.25) is 0 Å². The fourth-order valence-corrected chi connectivity index (χ4v) is 3.77. The minimum Gasteiger partial charge on any atom is -0.378 e. The van der Waals surface area contributed by atoms with E-state index >= 15 is 0 Å². The van der Waals surface area contributed by atoms with Crippen LogP contribution in [-0.4, -0.2) is 32.5 Å². The predicted octanol–water partition coefficient (Wildman–Crippen LogP) is 2.98. The van der Waals surface area contributed by atoms with Gasteiger partial charge >= 0.3 is 0 Å². The number of hydrogen-bond donors (Lipinski definition) is 1. The highest BCUT2D eigenvalue weighted by molar-refractivity contribution is 5.28. The fourth-order valence-electron chi connectivity index (χ4n) is 3.77. The summed E-state index contributed by atoms with van der Waals surface area (Å²) in [6.45, 7) is 4.01. The molecule has 2 aliphatic rings. The molecule has 2 fully saturated rings. The largest absolute Gasteiger partial charge is 0.378 e. The number of rotatable bonds is 3.